The van der Waals surface area contributed by atoms with E-state index in [1.165, 1.54) is 13.8 Å². The van der Waals surface area contributed by atoms with E-state index >= 15 is 0 Å². The van der Waals surface area contributed by atoms with Crippen molar-refractivity contribution < 1.29 is 19.1 Å². The average Bonchev–Trinajstić information content (AvgIpc) is 2.26. The van der Waals surface area contributed by atoms with Gasteiger partial charge in [-0.25, -0.2) is 0 Å². The van der Waals surface area contributed by atoms with E-state index in [4.69, 9.17) is 9.47 Å². The van der Waals surface area contributed by atoms with Gasteiger partial charge in [0.05, 0.1) is 0 Å². The first kappa shape index (κ1) is 13.2. The van der Waals surface area contributed by atoms with Gasteiger partial charge in [-0.05, 0) is 12.5 Å². The second-order valence-electron chi connectivity index (χ2n) is 3.64. The van der Waals surface area contributed by atoms with Crippen LogP contribution in [0.3, 0.4) is 0 Å². The molecule has 1 unspecified atom stereocenters. The normalized spacial score (nSPS) is 11.7. The molecule has 0 spiro atoms. The van der Waals surface area contributed by atoms with Crippen LogP contribution >= 0.6 is 0 Å². The first-order valence-corrected chi connectivity index (χ1v) is 5.49. The van der Waals surface area contributed by atoms with Crippen molar-refractivity contribution in [3.05, 3.63) is 29.8 Å². The molecular formula is C13H16O4. The van der Waals surface area contributed by atoms with Gasteiger partial charge >= 0.3 is 11.9 Å². The third-order valence-electron chi connectivity index (χ3n) is 2.20. The summed E-state index contributed by atoms with van der Waals surface area (Å²) in [5.74, 6) is -0.308. The number of ether oxygens (including phenoxy) is 2. The Bertz CT molecular complexity index is 412. The number of rotatable bonds is 4. The van der Waals surface area contributed by atoms with Crippen LogP contribution in [0, 0.1) is 0 Å². The van der Waals surface area contributed by atoms with Crippen LogP contribution in [-0.4, -0.2) is 11.9 Å². The maximum atomic E-state index is 11.0. The first-order valence-electron chi connectivity index (χ1n) is 5.49. The highest BCUT2D eigenvalue weighted by Crippen LogP contribution is 2.30. The van der Waals surface area contributed by atoms with Gasteiger partial charge in [0.15, 0.2) is 0 Å². The van der Waals surface area contributed by atoms with E-state index < -0.39 is 5.97 Å². The van der Waals surface area contributed by atoms with Crippen LogP contribution in [0.1, 0.15) is 38.9 Å². The summed E-state index contributed by atoms with van der Waals surface area (Å²) < 4.78 is 10.3. The SMILES string of the molecule is CCC(OC(C)=O)c1ccccc1OC(C)=O. The van der Waals surface area contributed by atoms with Gasteiger partial charge in [-0.3, -0.25) is 9.59 Å². The molecule has 1 aromatic rings. The molecule has 0 N–H and O–H groups in total. The molecule has 92 valence electrons. The molecule has 0 saturated carbocycles. The third kappa shape index (κ3) is 3.90. The van der Waals surface area contributed by atoms with Crippen molar-refractivity contribution in [2.75, 3.05) is 0 Å². The minimum absolute atomic E-state index is 0.352. The van der Waals surface area contributed by atoms with E-state index in [2.05, 4.69) is 0 Å². The highest BCUT2D eigenvalue weighted by Gasteiger charge is 2.17. The fourth-order valence-electron chi connectivity index (χ4n) is 1.56. The van der Waals surface area contributed by atoms with Crippen molar-refractivity contribution in [2.45, 2.75) is 33.3 Å². The molecule has 1 atom stereocenters. The minimum Gasteiger partial charge on any atom is -0.458 e. The van der Waals surface area contributed by atoms with Crippen LogP contribution in [-0.2, 0) is 14.3 Å². The second kappa shape index (κ2) is 6.03. The van der Waals surface area contributed by atoms with Crippen LogP contribution < -0.4 is 4.74 Å². The summed E-state index contributed by atoms with van der Waals surface area (Å²) in [5.41, 5.74) is 0.709. The van der Waals surface area contributed by atoms with Crippen LogP contribution in [0.15, 0.2) is 24.3 Å². The maximum Gasteiger partial charge on any atom is 0.308 e. The van der Waals surface area contributed by atoms with E-state index in [1.54, 1.807) is 18.2 Å². The van der Waals surface area contributed by atoms with Gasteiger partial charge in [-0.1, -0.05) is 25.1 Å². The highest BCUT2D eigenvalue weighted by molar-refractivity contribution is 5.70. The standard InChI is InChI=1S/C13H16O4/c1-4-12(16-9(2)14)11-7-5-6-8-13(11)17-10(3)15/h5-8,12H,4H2,1-3H3. The number of hydrogen-bond acceptors (Lipinski definition) is 4. The molecular weight excluding hydrogens is 220 g/mol. The Morgan fingerprint density at radius 3 is 2.35 bits per heavy atom. The third-order valence-corrected chi connectivity index (χ3v) is 2.20. The molecule has 0 fully saturated rings. The van der Waals surface area contributed by atoms with Gasteiger partial charge in [-0.15, -0.1) is 0 Å². The molecule has 0 aliphatic rings. The largest absolute Gasteiger partial charge is 0.458 e. The lowest BCUT2D eigenvalue weighted by molar-refractivity contribution is -0.146. The summed E-state index contributed by atoms with van der Waals surface area (Å²) in [7, 11) is 0. The van der Waals surface area contributed by atoms with Crippen LogP contribution in [0.25, 0.3) is 0 Å². The molecule has 0 aliphatic carbocycles. The van der Waals surface area contributed by atoms with Gasteiger partial charge in [0.2, 0.25) is 0 Å². The Hall–Kier alpha value is -1.84. The Kier molecular flexibility index (Phi) is 4.69. The molecule has 0 radical (unpaired) electrons. The molecule has 0 amide bonds. The number of benzene rings is 1. The van der Waals surface area contributed by atoms with Crippen molar-refractivity contribution in [1.82, 2.24) is 0 Å². The maximum absolute atomic E-state index is 11.0. The van der Waals surface area contributed by atoms with Gasteiger partial charge in [-0.2, -0.15) is 0 Å². The van der Waals surface area contributed by atoms with Crippen LogP contribution in [0.4, 0.5) is 0 Å². The summed E-state index contributed by atoms with van der Waals surface area (Å²) >= 11 is 0. The lowest BCUT2D eigenvalue weighted by Gasteiger charge is -2.18. The van der Waals surface area contributed by atoms with Crippen molar-refractivity contribution in [3.63, 3.8) is 0 Å². The first-order chi connectivity index (χ1) is 8.04. The fraction of sp³-hybridized carbons (Fsp3) is 0.385. The lowest BCUT2D eigenvalue weighted by atomic mass is 10.1. The molecule has 0 aliphatic heterocycles. The van der Waals surface area contributed by atoms with Crippen molar-refractivity contribution in [2.24, 2.45) is 0 Å². The van der Waals surface area contributed by atoms with E-state index in [0.717, 1.165) is 0 Å². The van der Waals surface area contributed by atoms with Gasteiger partial charge in [0.25, 0.3) is 0 Å². The number of carbonyl (C=O) groups excluding carboxylic acids is 2. The molecule has 0 heterocycles. The highest BCUT2D eigenvalue weighted by atomic mass is 16.6. The molecule has 4 nitrogen and oxygen atoms in total. The minimum atomic E-state index is -0.393. The summed E-state index contributed by atoms with van der Waals surface area (Å²) in [4.78, 5) is 22.0. The molecule has 0 aromatic heterocycles. The smallest absolute Gasteiger partial charge is 0.308 e. The average molecular weight is 236 g/mol. The van der Waals surface area contributed by atoms with E-state index in [0.29, 0.717) is 17.7 Å². The number of para-hydroxylation sites is 1. The van der Waals surface area contributed by atoms with E-state index in [9.17, 15) is 9.59 Å². The van der Waals surface area contributed by atoms with Crippen LogP contribution in [0.5, 0.6) is 5.75 Å². The number of carbonyl (C=O) groups is 2. The molecule has 17 heavy (non-hydrogen) atoms. The summed E-state index contributed by atoms with van der Waals surface area (Å²) in [6.45, 7) is 4.60. The summed E-state index contributed by atoms with van der Waals surface area (Å²) in [6.07, 6.45) is 0.237. The quantitative estimate of drug-likeness (QED) is 0.595. The van der Waals surface area contributed by atoms with Crippen molar-refractivity contribution in [3.8, 4) is 5.75 Å². The number of hydrogen-bond donors (Lipinski definition) is 0. The van der Waals surface area contributed by atoms with Gasteiger partial charge < -0.3 is 9.47 Å². The fourth-order valence-corrected chi connectivity index (χ4v) is 1.56. The zero-order valence-corrected chi connectivity index (χ0v) is 10.2. The molecule has 0 saturated heterocycles. The summed E-state index contributed by atoms with van der Waals surface area (Å²) in [6, 6.07) is 7.05. The molecule has 1 rings (SSSR count). The molecule has 0 bridgehead atoms. The summed E-state index contributed by atoms with van der Waals surface area (Å²) in [5, 5.41) is 0. The predicted octanol–water partition coefficient (Wildman–Crippen LogP) is 2.63. The van der Waals surface area contributed by atoms with E-state index in [1.807, 2.05) is 13.0 Å². The monoisotopic (exact) mass is 236 g/mol. The van der Waals surface area contributed by atoms with Crippen LogP contribution in [0.2, 0.25) is 0 Å². The second-order valence-corrected chi connectivity index (χ2v) is 3.64. The van der Waals surface area contributed by atoms with E-state index in [-0.39, 0.29) is 12.1 Å². The van der Waals surface area contributed by atoms with Crippen molar-refractivity contribution >= 4 is 11.9 Å². The Morgan fingerprint density at radius 1 is 1.18 bits per heavy atom. The predicted molar refractivity (Wildman–Crippen MR) is 62.5 cm³/mol. The van der Waals surface area contributed by atoms with Gasteiger partial charge in [0, 0.05) is 19.4 Å². The van der Waals surface area contributed by atoms with Gasteiger partial charge in [0.1, 0.15) is 11.9 Å². The Labute approximate surface area is 101 Å². The molecule has 1 aromatic carbocycles. The lowest BCUT2D eigenvalue weighted by Crippen LogP contribution is -2.11. The Morgan fingerprint density at radius 2 is 1.82 bits per heavy atom. The zero-order valence-electron chi connectivity index (χ0n) is 10.2. The van der Waals surface area contributed by atoms with Crippen molar-refractivity contribution in [1.29, 1.82) is 0 Å². The molecule has 4 heteroatoms. The Balaban J connectivity index is 3.00. The zero-order chi connectivity index (χ0) is 12.8. The topological polar surface area (TPSA) is 52.6 Å². The number of esters is 2.